The molecule has 0 saturated carbocycles. The maximum Gasteiger partial charge on any atom is 0.254 e. The fourth-order valence-corrected chi connectivity index (χ4v) is 3.21. The van der Waals surface area contributed by atoms with Crippen LogP contribution in [0.25, 0.3) is 0 Å². The fraction of sp³-hybridized carbons (Fsp3) is 0.647. The zero-order valence-electron chi connectivity index (χ0n) is 14.3. The maximum absolute atomic E-state index is 12.5. The minimum Gasteiger partial charge on any atom is -0.508 e. The van der Waals surface area contributed by atoms with Gasteiger partial charge in [0.15, 0.2) is 0 Å². The summed E-state index contributed by atoms with van der Waals surface area (Å²) in [5, 5.41) is 9.42. The van der Waals surface area contributed by atoms with E-state index in [4.69, 9.17) is 0 Å². The smallest absolute Gasteiger partial charge is 0.254 e. The van der Waals surface area contributed by atoms with Crippen LogP contribution in [0.15, 0.2) is 16.9 Å². The minimum atomic E-state index is -0.345. The first-order valence-electron chi connectivity index (χ1n) is 8.30. The number of amides is 1. The summed E-state index contributed by atoms with van der Waals surface area (Å²) in [5.74, 6) is -0.123. The van der Waals surface area contributed by atoms with E-state index in [0.29, 0.717) is 5.69 Å². The number of likely N-dealkylation sites (N-methyl/N-ethyl adjacent to an activating group) is 1. The third-order valence-electron chi connectivity index (χ3n) is 4.65. The van der Waals surface area contributed by atoms with Gasteiger partial charge in [-0.2, -0.15) is 0 Å². The number of nitrogens with zero attached hydrogens (tertiary/aromatic N) is 3. The molecule has 0 radical (unpaired) electrons. The van der Waals surface area contributed by atoms with Gasteiger partial charge in [-0.15, -0.1) is 0 Å². The van der Waals surface area contributed by atoms with E-state index in [1.807, 2.05) is 7.05 Å². The number of piperidine rings is 1. The number of rotatable bonds is 5. The van der Waals surface area contributed by atoms with E-state index in [9.17, 15) is 14.7 Å². The van der Waals surface area contributed by atoms with Crippen LogP contribution in [0.2, 0.25) is 0 Å². The van der Waals surface area contributed by atoms with Gasteiger partial charge in [0.25, 0.3) is 5.56 Å². The Bertz CT molecular complexity index is 604. The van der Waals surface area contributed by atoms with Crippen molar-refractivity contribution >= 4 is 5.91 Å². The van der Waals surface area contributed by atoms with Crippen LogP contribution in [0.5, 0.6) is 5.75 Å². The van der Waals surface area contributed by atoms with Crippen molar-refractivity contribution < 1.29 is 9.90 Å². The summed E-state index contributed by atoms with van der Waals surface area (Å²) >= 11 is 0. The second-order valence-electron chi connectivity index (χ2n) is 6.36. The van der Waals surface area contributed by atoms with Crippen molar-refractivity contribution in [2.75, 3.05) is 26.7 Å². The fourth-order valence-electron chi connectivity index (χ4n) is 3.21. The number of pyridine rings is 1. The molecule has 0 spiro atoms. The summed E-state index contributed by atoms with van der Waals surface area (Å²) in [5.41, 5.74) is 0.247. The molecule has 128 valence electrons. The molecular weight excluding hydrogens is 294 g/mol. The van der Waals surface area contributed by atoms with Gasteiger partial charge in [-0.25, -0.2) is 0 Å². The van der Waals surface area contributed by atoms with Gasteiger partial charge in [0, 0.05) is 37.9 Å². The summed E-state index contributed by atoms with van der Waals surface area (Å²) in [7, 11) is 1.82. The highest BCUT2D eigenvalue weighted by Crippen LogP contribution is 2.16. The molecule has 0 unspecified atom stereocenters. The van der Waals surface area contributed by atoms with Crippen LogP contribution in [0.3, 0.4) is 0 Å². The highest BCUT2D eigenvalue weighted by molar-refractivity contribution is 5.76. The molecule has 1 N–H and O–H groups in total. The highest BCUT2D eigenvalue weighted by Gasteiger charge is 2.25. The number of aromatic nitrogens is 1. The summed E-state index contributed by atoms with van der Waals surface area (Å²) in [4.78, 5) is 28.6. The molecule has 23 heavy (non-hydrogen) atoms. The van der Waals surface area contributed by atoms with Gasteiger partial charge in [-0.05, 0) is 38.8 Å². The predicted octanol–water partition coefficient (Wildman–Crippen LogP) is 1.20. The Hall–Kier alpha value is -1.82. The Labute approximate surface area is 137 Å². The van der Waals surface area contributed by atoms with E-state index in [1.165, 1.54) is 10.6 Å². The molecule has 1 aliphatic heterocycles. The monoisotopic (exact) mass is 321 g/mol. The number of aromatic hydroxyl groups is 1. The van der Waals surface area contributed by atoms with Crippen molar-refractivity contribution in [2.24, 2.45) is 0 Å². The number of hydrogen-bond donors (Lipinski definition) is 1. The quantitative estimate of drug-likeness (QED) is 0.885. The van der Waals surface area contributed by atoms with Crippen LogP contribution in [0.4, 0.5) is 0 Å². The molecule has 6 heteroatoms. The zero-order chi connectivity index (χ0) is 17.0. The standard InChI is InChI=1S/C17H27N3O3/c1-4-7-19-8-5-14(6-9-19)18(3)17(23)12-20-13(2)10-15(21)11-16(20)22/h10-11,14,21H,4-9,12H2,1-3H3. The van der Waals surface area contributed by atoms with Crippen molar-refractivity contribution in [1.29, 1.82) is 0 Å². The van der Waals surface area contributed by atoms with Gasteiger partial charge in [-0.3, -0.25) is 9.59 Å². The topological polar surface area (TPSA) is 65.8 Å². The maximum atomic E-state index is 12.5. The Morgan fingerprint density at radius 1 is 1.35 bits per heavy atom. The van der Waals surface area contributed by atoms with E-state index in [1.54, 1.807) is 11.8 Å². The lowest BCUT2D eigenvalue weighted by Crippen LogP contribution is -2.47. The van der Waals surface area contributed by atoms with Gasteiger partial charge >= 0.3 is 0 Å². The largest absolute Gasteiger partial charge is 0.508 e. The van der Waals surface area contributed by atoms with Gasteiger partial charge in [0.2, 0.25) is 5.91 Å². The second-order valence-corrected chi connectivity index (χ2v) is 6.36. The van der Waals surface area contributed by atoms with Crippen LogP contribution in [-0.4, -0.2) is 58.1 Å². The summed E-state index contributed by atoms with van der Waals surface area (Å²) < 4.78 is 1.41. The predicted molar refractivity (Wildman–Crippen MR) is 89.6 cm³/mol. The molecule has 1 amide bonds. The van der Waals surface area contributed by atoms with E-state index in [2.05, 4.69) is 11.8 Å². The van der Waals surface area contributed by atoms with Crippen molar-refractivity contribution in [3.8, 4) is 5.75 Å². The first kappa shape index (κ1) is 17.5. The first-order valence-corrected chi connectivity index (χ1v) is 8.30. The Kier molecular flexibility index (Phi) is 5.82. The molecule has 2 heterocycles. The number of carbonyl (C=O) groups excluding carboxylic acids is 1. The molecule has 0 atom stereocenters. The zero-order valence-corrected chi connectivity index (χ0v) is 14.3. The lowest BCUT2D eigenvalue weighted by atomic mass is 10.0. The molecule has 0 aliphatic carbocycles. The van der Waals surface area contributed by atoms with Gasteiger partial charge in [0.1, 0.15) is 12.3 Å². The minimum absolute atomic E-state index is 0.0244. The molecule has 6 nitrogen and oxygen atoms in total. The van der Waals surface area contributed by atoms with Crippen LogP contribution < -0.4 is 5.56 Å². The molecule has 2 rings (SSSR count). The van der Waals surface area contributed by atoms with Gasteiger partial charge in [0.05, 0.1) is 0 Å². The summed E-state index contributed by atoms with van der Waals surface area (Å²) in [6.07, 6.45) is 3.11. The molecule has 1 fully saturated rings. The third kappa shape index (κ3) is 4.34. The Morgan fingerprint density at radius 2 is 2.00 bits per heavy atom. The second kappa shape index (κ2) is 7.64. The van der Waals surface area contributed by atoms with Gasteiger partial charge in [-0.1, -0.05) is 6.92 Å². The van der Waals surface area contributed by atoms with E-state index in [0.717, 1.165) is 45.0 Å². The van der Waals surface area contributed by atoms with E-state index >= 15 is 0 Å². The molecule has 1 aromatic rings. The highest BCUT2D eigenvalue weighted by atomic mass is 16.3. The average molecular weight is 321 g/mol. The number of carbonyl (C=O) groups is 1. The van der Waals surface area contributed by atoms with Crippen LogP contribution in [0, 0.1) is 6.92 Å². The molecule has 1 aromatic heterocycles. The Morgan fingerprint density at radius 3 is 2.57 bits per heavy atom. The van der Waals surface area contributed by atoms with Crippen molar-refractivity contribution in [3.63, 3.8) is 0 Å². The van der Waals surface area contributed by atoms with Crippen LogP contribution in [0.1, 0.15) is 31.9 Å². The number of aryl methyl sites for hydroxylation is 1. The molecule has 1 aliphatic rings. The number of hydrogen-bond acceptors (Lipinski definition) is 4. The van der Waals surface area contributed by atoms with E-state index < -0.39 is 0 Å². The van der Waals surface area contributed by atoms with Gasteiger partial charge < -0.3 is 19.5 Å². The first-order chi connectivity index (χ1) is 10.9. The lowest BCUT2D eigenvalue weighted by Gasteiger charge is -2.36. The van der Waals surface area contributed by atoms with Crippen molar-refractivity contribution in [2.45, 2.75) is 45.7 Å². The molecule has 1 saturated heterocycles. The van der Waals surface area contributed by atoms with Crippen molar-refractivity contribution in [1.82, 2.24) is 14.4 Å². The SMILES string of the molecule is CCCN1CCC(N(C)C(=O)Cn2c(C)cc(O)cc2=O)CC1. The molecular formula is C17H27N3O3. The average Bonchev–Trinajstić information content (AvgIpc) is 2.51. The lowest BCUT2D eigenvalue weighted by molar-refractivity contribution is -0.133. The van der Waals surface area contributed by atoms with E-state index in [-0.39, 0.29) is 29.8 Å². The number of likely N-dealkylation sites (tertiary alicyclic amines) is 1. The van der Waals surface area contributed by atoms with Crippen molar-refractivity contribution in [3.05, 3.63) is 28.2 Å². The summed E-state index contributed by atoms with van der Waals surface area (Å²) in [6.45, 7) is 7.09. The normalized spacial score (nSPS) is 16.5. The summed E-state index contributed by atoms with van der Waals surface area (Å²) in [6, 6.07) is 2.88. The molecule has 0 bridgehead atoms. The third-order valence-corrected chi connectivity index (χ3v) is 4.65. The van der Waals surface area contributed by atoms with Crippen LogP contribution in [-0.2, 0) is 11.3 Å². The molecule has 0 aromatic carbocycles. The van der Waals surface area contributed by atoms with Crippen LogP contribution >= 0.6 is 0 Å². The Balaban J connectivity index is 1.97.